The van der Waals surface area contributed by atoms with Crippen LogP contribution in [-0.2, 0) is 16.6 Å². The number of hydrogen-bond donors (Lipinski definition) is 0. The molecule has 1 aromatic heterocycles. The van der Waals surface area contributed by atoms with Crippen molar-refractivity contribution in [3.05, 3.63) is 22.4 Å². The molecule has 1 aliphatic carbocycles. The number of halogens is 1. The van der Waals surface area contributed by atoms with Gasteiger partial charge < -0.3 is 0 Å². The number of rotatable bonds is 7. The van der Waals surface area contributed by atoms with Crippen LogP contribution in [0.5, 0.6) is 0 Å². The van der Waals surface area contributed by atoms with Gasteiger partial charge in [-0.15, -0.1) is 11.6 Å². The number of thiophene rings is 1. The third-order valence-electron chi connectivity index (χ3n) is 2.99. The minimum Gasteiger partial charge on any atom is -0.212 e. The van der Waals surface area contributed by atoms with Gasteiger partial charge in [-0.2, -0.15) is 15.6 Å². The topological polar surface area (TPSA) is 37.4 Å². The number of sulfonamides is 1. The van der Waals surface area contributed by atoms with E-state index in [1.54, 1.807) is 15.6 Å². The SMILES string of the molecule is CC(CCl)CS(=O)(=O)N(Cc1ccsc1)C1CC1. The van der Waals surface area contributed by atoms with Gasteiger partial charge >= 0.3 is 0 Å². The lowest BCUT2D eigenvalue weighted by Crippen LogP contribution is -2.36. The molecular formula is C12H18ClNO2S2. The van der Waals surface area contributed by atoms with E-state index >= 15 is 0 Å². The molecule has 3 nitrogen and oxygen atoms in total. The highest BCUT2D eigenvalue weighted by molar-refractivity contribution is 7.89. The first kappa shape index (κ1) is 14.3. The van der Waals surface area contributed by atoms with Crippen molar-refractivity contribution in [2.24, 2.45) is 5.92 Å². The summed E-state index contributed by atoms with van der Waals surface area (Å²) in [7, 11) is -3.19. The van der Waals surface area contributed by atoms with Crippen molar-refractivity contribution in [2.75, 3.05) is 11.6 Å². The van der Waals surface area contributed by atoms with E-state index in [9.17, 15) is 8.42 Å². The molecule has 1 fully saturated rings. The Bertz CT molecular complexity index is 468. The van der Waals surface area contributed by atoms with E-state index in [1.165, 1.54) is 0 Å². The maximum atomic E-state index is 12.4. The molecule has 0 amide bonds. The van der Waals surface area contributed by atoms with E-state index in [-0.39, 0.29) is 17.7 Å². The fraction of sp³-hybridized carbons (Fsp3) is 0.667. The summed E-state index contributed by atoms with van der Waals surface area (Å²) in [5.41, 5.74) is 1.08. The molecule has 1 unspecified atom stereocenters. The van der Waals surface area contributed by atoms with Gasteiger partial charge in [-0.1, -0.05) is 6.92 Å². The molecule has 1 aromatic rings. The average molecular weight is 308 g/mol. The average Bonchev–Trinajstić information content (AvgIpc) is 3.02. The molecule has 0 spiro atoms. The lowest BCUT2D eigenvalue weighted by molar-refractivity contribution is 0.395. The van der Waals surface area contributed by atoms with Gasteiger partial charge in [-0.3, -0.25) is 0 Å². The predicted octanol–water partition coefficient (Wildman–Crippen LogP) is 2.92. The zero-order chi connectivity index (χ0) is 13.2. The second-order valence-corrected chi connectivity index (χ2v) is 8.00. The second-order valence-electron chi connectivity index (χ2n) is 4.95. The van der Waals surface area contributed by atoms with Gasteiger partial charge in [0.05, 0.1) is 5.75 Å². The van der Waals surface area contributed by atoms with E-state index < -0.39 is 10.0 Å². The van der Waals surface area contributed by atoms with E-state index in [0.29, 0.717) is 12.4 Å². The van der Waals surface area contributed by atoms with E-state index in [4.69, 9.17) is 11.6 Å². The molecule has 0 bridgehead atoms. The van der Waals surface area contributed by atoms with E-state index in [1.807, 2.05) is 23.8 Å². The standard InChI is InChI=1S/C12H18ClNO2S2/c1-10(6-13)9-18(15,16)14(12-2-3-12)7-11-4-5-17-8-11/h4-5,8,10,12H,2-3,6-7,9H2,1H3. The predicted molar refractivity (Wildman–Crippen MR) is 76.6 cm³/mol. The Morgan fingerprint density at radius 2 is 2.28 bits per heavy atom. The maximum Gasteiger partial charge on any atom is 0.214 e. The Morgan fingerprint density at radius 1 is 1.56 bits per heavy atom. The summed E-state index contributed by atoms with van der Waals surface area (Å²) in [6.07, 6.45) is 1.97. The van der Waals surface area contributed by atoms with Crippen molar-refractivity contribution in [1.82, 2.24) is 4.31 Å². The van der Waals surface area contributed by atoms with Crippen LogP contribution in [0.4, 0.5) is 0 Å². The summed E-state index contributed by atoms with van der Waals surface area (Å²) in [4.78, 5) is 0. The monoisotopic (exact) mass is 307 g/mol. The van der Waals surface area contributed by atoms with Crippen LogP contribution in [0.2, 0.25) is 0 Å². The molecule has 0 saturated heterocycles. The quantitative estimate of drug-likeness (QED) is 0.726. The minimum absolute atomic E-state index is 0.000362. The van der Waals surface area contributed by atoms with Crippen molar-refractivity contribution >= 4 is 33.0 Å². The van der Waals surface area contributed by atoms with Crippen LogP contribution in [0.25, 0.3) is 0 Å². The normalized spacial score (nSPS) is 18.2. The Hall–Kier alpha value is -0.100. The van der Waals surface area contributed by atoms with Crippen LogP contribution >= 0.6 is 22.9 Å². The van der Waals surface area contributed by atoms with Crippen LogP contribution in [0.1, 0.15) is 25.3 Å². The highest BCUT2D eigenvalue weighted by atomic mass is 35.5. The third-order valence-corrected chi connectivity index (χ3v) is 6.38. The smallest absolute Gasteiger partial charge is 0.212 e. The molecule has 6 heteroatoms. The molecular weight excluding hydrogens is 290 g/mol. The maximum absolute atomic E-state index is 12.4. The van der Waals surface area contributed by atoms with Gasteiger partial charge in [0.25, 0.3) is 0 Å². The van der Waals surface area contributed by atoms with Crippen LogP contribution in [-0.4, -0.2) is 30.4 Å². The largest absolute Gasteiger partial charge is 0.214 e. The number of nitrogens with zero attached hydrogens (tertiary/aromatic N) is 1. The van der Waals surface area contributed by atoms with Gasteiger partial charge in [0.1, 0.15) is 0 Å². The second kappa shape index (κ2) is 5.90. The lowest BCUT2D eigenvalue weighted by atomic mass is 10.3. The van der Waals surface area contributed by atoms with Gasteiger partial charge in [0, 0.05) is 18.5 Å². The molecule has 0 radical (unpaired) electrons. The number of hydrogen-bond acceptors (Lipinski definition) is 3. The molecule has 0 aromatic carbocycles. The van der Waals surface area contributed by atoms with Crippen LogP contribution in [0, 0.1) is 5.92 Å². The fourth-order valence-corrected chi connectivity index (χ4v) is 4.82. The Morgan fingerprint density at radius 3 is 2.78 bits per heavy atom. The first-order valence-electron chi connectivity index (χ1n) is 6.09. The Kier molecular flexibility index (Phi) is 4.69. The molecule has 18 heavy (non-hydrogen) atoms. The highest BCUT2D eigenvalue weighted by Crippen LogP contribution is 2.32. The Balaban J connectivity index is 2.09. The zero-order valence-corrected chi connectivity index (χ0v) is 12.8. The van der Waals surface area contributed by atoms with E-state index in [2.05, 4.69) is 0 Å². The number of alkyl halides is 1. The van der Waals surface area contributed by atoms with Crippen molar-refractivity contribution in [3.63, 3.8) is 0 Å². The van der Waals surface area contributed by atoms with Crippen LogP contribution in [0.15, 0.2) is 16.8 Å². The molecule has 0 aliphatic heterocycles. The van der Waals surface area contributed by atoms with Crippen molar-refractivity contribution in [3.8, 4) is 0 Å². The van der Waals surface area contributed by atoms with Crippen LogP contribution < -0.4 is 0 Å². The Labute approximate surface area is 118 Å². The van der Waals surface area contributed by atoms with Crippen molar-refractivity contribution in [2.45, 2.75) is 32.4 Å². The zero-order valence-electron chi connectivity index (χ0n) is 10.4. The van der Waals surface area contributed by atoms with Crippen molar-refractivity contribution in [1.29, 1.82) is 0 Å². The highest BCUT2D eigenvalue weighted by Gasteiger charge is 2.37. The summed E-state index contributed by atoms with van der Waals surface area (Å²) in [5.74, 6) is 0.535. The van der Waals surface area contributed by atoms with Crippen LogP contribution in [0.3, 0.4) is 0 Å². The van der Waals surface area contributed by atoms with Gasteiger partial charge in [0.2, 0.25) is 10.0 Å². The molecule has 2 rings (SSSR count). The molecule has 1 aliphatic rings. The molecule has 0 N–H and O–H groups in total. The summed E-state index contributed by atoms with van der Waals surface area (Å²) in [6.45, 7) is 2.38. The van der Waals surface area contributed by atoms with Gasteiger partial charge in [-0.05, 0) is 41.1 Å². The summed E-state index contributed by atoms with van der Waals surface area (Å²) >= 11 is 7.32. The first-order chi connectivity index (χ1) is 8.53. The molecule has 1 atom stereocenters. The van der Waals surface area contributed by atoms with Crippen molar-refractivity contribution < 1.29 is 8.42 Å². The third kappa shape index (κ3) is 3.70. The molecule has 1 saturated carbocycles. The molecule has 102 valence electrons. The summed E-state index contributed by atoms with van der Waals surface area (Å²) < 4.78 is 26.4. The minimum atomic E-state index is -3.19. The van der Waals surface area contributed by atoms with Gasteiger partial charge in [0.15, 0.2) is 0 Å². The summed E-state index contributed by atoms with van der Waals surface area (Å²) in [5, 5.41) is 3.99. The fourth-order valence-electron chi connectivity index (χ4n) is 1.88. The summed E-state index contributed by atoms with van der Waals surface area (Å²) in [6, 6.07) is 2.19. The molecule has 1 heterocycles. The first-order valence-corrected chi connectivity index (χ1v) is 9.18. The van der Waals surface area contributed by atoms with Gasteiger partial charge in [-0.25, -0.2) is 8.42 Å². The lowest BCUT2D eigenvalue weighted by Gasteiger charge is -2.23. The van der Waals surface area contributed by atoms with E-state index in [0.717, 1.165) is 18.4 Å².